The number of nitrogens with one attached hydrogen (secondary N) is 1. The average molecular weight is 362 g/mol. The van der Waals surface area contributed by atoms with Crippen LogP contribution in [0.4, 0.5) is 0 Å². The molecule has 0 radical (unpaired) electrons. The van der Waals surface area contributed by atoms with Crippen molar-refractivity contribution >= 4 is 29.5 Å². The molecule has 1 N–H and O–H groups in total. The molecule has 2 aliphatic rings. The van der Waals surface area contributed by atoms with Gasteiger partial charge in [0.2, 0.25) is 0 Å². The zero-order chi connectivity index (χ0) is 17.6. The van der Waals surface area contributed by atoms with Crippen molar-refractivity contribution < 1.29 is 10.9 Å². The fourth-order valence-electron chi connectivity index (χ4n) is 3.36. The second-order valence-electron chi connectivity index (χ2n) is 6.37. The fourth-order valence-corrected chi connectivity index (χ4v) is 3.64. The third kappa shape index (κ3) is 2.80. The Morgan fingerprint density at radius 3 is 2.72 bits per heavy atom. The number of aliphatic imine (C=N–C) groups is 1. The highest BCUT2D eigenvalue weighted by molar-refractivity contribution is 7.71. The molecule has 1 aliphatic heterocycles. The van der Waals surface area contributed by atoms with E-state index in [4.69, 9.17) is 21.7 Å². The van der Waals surface area contributed by atoms with Gasteiger partial charge in [0.1, 0.15) is 0 Å². The van der Waals surface area contributed by atoms with Crippen molar-refractivity contribution in [2.75, 3.05) is 20.8 Å². The first-order valence-electron chi connectivity index (χ1n) is 8.30. The van der Waals surface area contributed by atoms with E-state index in [1.54, 1.807) is 30.9 Å². The van der Waals surface area contributed by atoms with Gasteiger partial charge in [0.15, 0.2) is 16.3 Å². The standard InChI is InChI=1S/C17H20N4O3S.H2/c1-23-14-6-10-11(8-15(14)24-2)19-17(25)21(16(10)22)5-3-4-20-9-18-12-7-13(12)20;/h6,8-9,12-13H,3-5,7H2,1-2H3,(H,19,25);1H. The van der Waals surface area contributed by atoms with Crippen LogP contribution in [0.25, 0.3) is 10.9 Å². The zero-order valence-corrected chi connectivity index (χ0v) is 15.0. The first kappa shape index (κ1) is 16.1. The van der Waals surface area contributed by atoms with E-state index in [1.807, 2.05) is 6.34 Å². The molecule has 134 valence electrons. The Balaban J connectivity index is 0.00000196. The lowest BCUT2D eigenvalue weighted by atomic mass is 10.2. The van der Waals surface area contributed by atoms with E-state index in [2.05, 4.69) is 14.9 Å². The Bertz CT molecular complexity index is 971. The summed E-state index contributed by atoms with van der Waals surface area (Å²) in [6.07, 6.45) is 3.93. The average Bonchev–Trinajstić information content (AvgIpc) is 3.29. The predicted octanol–water partition coefficient (Wildman–Crippen LogP) is 2.20. The van der Waals surface area contributed by atoms with Gasteiger partial charge in [-0.05, 0) is 31.1 Å². The molecular weight excluding hydrogens is 340 g/mol. The third-order valence-electron chi connectivity index (χ3n) is 4.84. The number of methoxy groups -OCH3 is 2. The van der Waals surface area contributed by atoms with Crippen LogP contribution in [0.15, 0.2) is 21.9 Å². The number of aromatic nitrogens is 2. The summed E-state index contributed by atoms with van der Waals surface area (Å²) in [6.45, 7) is 1.45. The lowest BCUT2D eigenvalue weighted by molar-refractivity contribution is 0.355. The summed E-state index contributed by atoms with van der Waals surface area (Å²) in [7, 11) is 3.11. The Hall–Kier alpha value is -2.35. The Morgan fingerprint density at radius 2 is 2.08 bits per heavy atom. The van der Waals surface area contributed by atoms with Crippen molar-refractivity contribution in [2.45, 2.75) is 31.5 Å². The van der Waals surface area contributed by atoms with Crippen LogP contribution >= 0.6 is 12.2 Å². The summed E-state index contributed by atoms with van der Waals surface area (Å²) in [5.74, 6) is 1.09. The number of aromatic amines is 1. The van der Waals surface area contributed by atoms with Crippen LogP contribution in [0, 0.1) is 4.77 Å². The Labute approximate surface area is 151 Å². The number of fused-ring (bicyclic) bond motifs is 2. The molecule has 0 amide bonds. The van der Waals surface area contributed by atoms with E-state index in [-0.39, 0.29) is 6.99 Å². The minimum atomic E-state index is -0.112. The highest BCUT2D eigenvalue weighted by atomic mass is 32.1. The number of nitrogens with zero attached hydrogens (tertiary/aromatic N) is 3. The largest absolute Gasteiger partial charge is 0.493 e. The highest BCUT2D eigenvalue weighted by Crippen LogP contribution is 2.34. The van der Waals surface area contributed by atoms with Crippen LogP contribution < -0.4 is 15.0 Å². The van der Waals surface area contributed by atoms with Crippen molar-refractivity contribution in [3.63, 3.8) is 0 Å². The molecule has 1 aromatic heterocycles. The van der Waals surface area contributed by atoms with Crippen molar-refractivity contribution in [3.05, 3.63) is 27.3 Å². The molecule has 7 nitrogen and oxygen atoms in total. The first-order chi connectivity index (χ1) is 12.1. The molecule has 0 bridgehead atoms. The molecule has 1 aliphatic carbocycles. The van der Waals surface area contributed by atoms with E-state index < -0.39 is 0 Å². The minimum Gasteiger partial charge on any atom is -0.493 e. The molecular formula is C17H22N4O3S. The Morgan fingerprint density at radius 1 is 1.32 bits per heavy atom. The highest BCUT2D eigenvalue weighted by Gasteiger charge is 2.44. The number of ether oxygens (including phenoxy) is 2. The number of H-pyrrole nitrogens is 1. The maximum atomic E-state index is 12.9. The number of hydrogen-bond donors (Lipinski definition) is 1. The van der Waals surface area contributed by atoms with Gasteiger partial charge in [0.25, 0.3) is 5.56 Å². The molecule has 2 unspecified atom stereocenters. The van der Waals surface area contributed by atoms with Gasteiger partial charge in [-0.1, -0.05) is 0 Å². The van der Waals surface area contributed by atoms with Crippen LogP contribution in [0.3, 0.4) is 0 Å². The van der Waals surface area contributed by atoms with Gasteiger partial charge in [-0.2, -0.15) is 0 Å². The van der Waals surface area contributed by atoms with Crippen LogP contribution in [0.5, 0.6) is 11.5 Å². The molecule has 2 atom stereocenters. The number of hydrogen-bond acceptors (Lipinski definition) is 6. The first-order valence-corrected chi connectivity index (χ1v) is 8.71. The van der Waals surface area contributed by atoms with E-state index in [0.717, 1.165) is 19.4 Å². The molecule has 2 heterocycles. The van der Waals surface area contributed by atoms with E-state index in [1.165, 1.54) is 0 Å². The van der Waals surface area contributed by atoms with Crippen molar-refractivity contribution in [3.8, 4) is 11.5 Å². The van der Waals surface area contributed by atoms with Gasteiger partial charge in [-0.15, -0.1) is 0 Å². The quantitative estimate of drug-likeness (QED) is 0.798. The van der Waals surface area contributed by atoms with Crippen LogP contribution in [-0.4, -0.2) is 53.6 Å². The van der Waals surface area contributed by atoms with Gasteiger partial charge >= 0.3 is 0 Å². The van der Waals surface area contributed by atoms with Gasteiger partial charge in [-0.25, -0.2) is 0 Å². The van der Waals surface area contributed by atoms with Crippen molar-refractivity contribution in [2.24, 2.45) is 4.99 Å². The monoisotopic (exact) mass is 362 g/mol. The number of benzene rings is 1. The topological polar surface area (TPSA) is 71.8 Å². The van der Waals surface area contributed by atoms with Crippen LogP contribution in [-0.2, 0) is 6.54 Å². The lowest BCUT2D eigenvalue weighted by Gasteiger charge is -2.16. The van der Waals surface area contributed by atoms with E-state index >= 15 is 0 Å². The lowest BCUT2D eigenvalue weighted by Crippen LogP contribution is -2.27. The molecule has 25 heavy (non-hydrogen) atoms. The van der Waals surface area contributed by atoms with Gasteiger partial charge in [0.05, 0.1) is 43.5 Å². The second-order valence-corrected chi connectivity index (χ2v) is 6.75. The van der Waals surface area contributed by atoms with Gasteiger partial charge in [-0.3, -0.25) is 14.4 Å². The second kappa shape index (κ2) is 6.18. The third-order valence-corrected chi connectivity index (χ3v) is 5.16. The summed E-state index contributed by atoms with van der Waals surface area (Å²) >= 11 is 5.38. The van der Waals surface area contributed by atoms with Crippen molar-refractivity contribution in [1.29, 1.82) is 0 Å². The Kier molecular flexibility index (Phi) is 3.99. The smallest absolute Gasteiger partial charge is 0.262 e. The summed E-state index contributed by atoms with van der Waals surface area (Å²) < 4.78 is 12.6. The van der Waals surface area contributed by atoms with Crippen LogP contribution in [0.1, 0.15) is 14.3 Å². The molecule has 8 heteroatoms. The molecule has 2 aromatic rings. The summed E-state index contributed by atoms with van der Waals surface area (Å²) in [5, 5.41) is 0.538. The van der Waals surface area contributed by atoms with E-state index in [0.29, 0.717) is 45.8 Å². The maximum absolute atomic E-state index is 12.9. The summed E-state index contributed by atoms with van der Waals surface area (Å²) in [4.78, 5) is 22.6. The van der Waals surface area contributed by atoms with Crippen molar-refractivity contribution in [1.82, 2.24) is 14.5 Å². The molecule has 1 saturated carbocycles. The zero-order valence-electron chi connectivity index (χ0n) is 14.2. The van der Waals surface area contributed by atoms with Crippen LogP contribution in [0.2, 0.25) is 0 Å². The summed E-state index contributed by atoms with van der Waals surface area (Å²) in [6, 6.07) is 4.53. The molecule has 1 aromatic carbocycles. The normalized spacial score (nSPS) is 20.8. The van der Waals surface area contributed by atoms with Gasteiger partial charge in [0, 0.05) is 20.6 Å². The SMILES string of the molecule is COc1cc2[nH]c(=S)n(CCCN3C=NC4CC43)c(=O)c2cc1OC.[HH]. The molecule has 0 saturated heterocycles. The summed E-state index contributed by atoms with van der Waals surface area (Å²) in [5.41, 5.74) is 0.537. The van der Waals surface area contributed by atoms with E-state index in [9.17, 15) is 4.79 Å². The fraction of sp³-hybridized carbons (Fsp3) is 0.471. The predicted molar refractivity (Wildman–Crippen MR) is 101 cm³/mol. The van der Waals surface area contributed by atoms with Gasteiger partial charge < -0.3 is 19.4 Å². The maximum Gasteiger partial charge on any atom is 0.262 e. The molecule has 4 rings (SSSR count). The number of rotatable bonds is 6. The minimum absolute atomic E-state index is 0. The molecule has 1 fully saturated rings. The molecule has 0 spiro atoms.